The normalized spacial score (nSPS) is 15.7. The minimum atomic E-state index is -0.742. The topological polar surface area (TPSA) is 85.9 Å². The van der Waals surface area contributed by atoms with Crippen LogP contribution in [0, 0.1) is 0 Å². The van der Waals surface area contributed by atoms with Crippen LogP contribution in [0.5, 0.6) is 11.5 Å². The van der Waals surface area contributed by atoms with Gasteiger partial charge in [-0.3, -0.25) is 0 Å². The van der Waals surface area contributed by atoms with Crippen molar-refractivity contribution in [2.75, 3.05) is 13.7 Å². The fourth-order valence-electron chi connectivity index (χ4n) is 3.28. The standard InChI is InChI=1S/C23H25BrN2O5/c1-4-12-30-22(27)19-14(2)25-23(28)26-20(19)17-6-5-7-18(29-3)21(17)31-13-15-8-10-16(24)11-9-15/h5-11,20H,4,12-13H2,1-3H3,(H2,25,26,28). The number of carbonyl (C=O) groups is 2. The van der Waals surface area contributed by atoms with Gasteiger partial charge in [0.05, 0.1) is 25.3 Å². The maximum Gasteiger partial charge on any atom is 0.338 e. The third kappa shape index (κ3) is 5.38. The van der Waals surface area contributed by atoms with E-state index in [9.17, 15) is 9.59 Å². The molecule has 31 heavy (non-hydrogen) atoms. The maximum atomic E-state index is 12.8. The number of methoxy groups -OCH3 is 1. The molecule has 0 bridgehead atoms. The monoisotopic (exact) mass is 488 g/mol. The van der Waals surface area contributed by atoms with E-state index in [2.05, 4.69) is 26.6 Å². The number of nitrogens with one attached hydrogen (secondary N) is 2. The average molecular weight is 489 g/mol. The molecular formula is C23H25BrN2O5. The highest BCUT2D eigenvalue weighted by Crippen LogP contribution is 2.39. The molecule has 2 aromatic rings. The van der Waals surface area contributed by atoms with E-state index in [0.717, 1.165) is 10.0 Å². The second-order valence-corrected chi connectivity index (χ2v) is 7.92. The van der Waals surface area contributed by atoms with Crippen molar-refractivity contribution in [1.29, 1.82) is 0 Å². The molecule has 0 aromatic heterocycles. The van der Waals surface area contributed by atoms with Gasteiger partial charge in [-0.15, -0.1) is 0 Å². The highest BCUT2D eigenvalue weighted by Gasteiger charge is 2.34. The molecular weight excluding hydrogens is 464 g/mol. The largest absolute Gasteiger partial charge is 0.493 e. The molecule has 0 spiro atoms. The van der Waals surface area contributed by atoms with Crippen LogP contribution in [0.15, 0.2) is 58.2 Å². The Kier molecular flexibility index (Phi) is 7.57. The molecule has 2 N–H and O–H groups in total. The number of ether oxygens (including phenoxy) is 3. The first kappa shape index (κ1) is 22.7. The molecule has 2 amide bonds. The van der Waals surface area contributed by atoms with Crippen molar-refractivity contribution in [3.8, 4) is 11.5 Å². The number of benzene rings is 2. The quantitative estimate of drug-likeness (QED) is 0.529. The fourth-order valence-corrected chi connectivity index (χ4v) is 3.55. The zero-order valence-corrected chi connectivity index (χ0v) is 19.2. The Morgan fingerprint density at radius 2 is 1.90 bits per heavy atom. The number of amides is 2. The first-order valence-electron chi connectivity index (χ1n) is 9.94. The Bertz CT molecular complexity index is 988. The van der Waals surface area contributed by atoms with Gasteiger partial charge in [-0.2, -0.15) is 0 Å². The van der Waals surface area contributed by atoms with Crippen molar-refractivity contribution in [3.05, 3.63) is 69.3 Å². The molecule has 8 heteroatoms. The van der Waals surface area contributed by atoms with E-state index in [0.29, 0.717) is 41.4 Å². The number of allylic oxidation sites excluding steroid dienone is 1. The fraction of sp³-hybridized carbons (Fsp3) is 0.304. The number of hydrogen-bond acceptors (Lipinski definition) is 5. The summed E-state index contributed by atoms with van der Waals surface area (Å²) < 4.78 is 18.0. The number of esters is 1. The zero-order chi connectivity index (χ0) is 22.4. The molecule has 0 radical (unpaired) electrons. The van der Waals surface area contributed by atoms with Crippen LogP contribution in [0.1, 0.15) is 37.4 Å². The second-order valence-electron chi connectivity index (χ2n) is 7.00. The Balaban J connectivity index is 1.99. The number of hydrogen-bond donors (Lipinski definition) is 2. The summed E-state index contributed by atoms with van der Waals surface area (Å²) in [6, 6.07) is 12.0. The summed E-state index contributed by atoms with van der Waals surface area (Å²) >= 11 is 3.42. The van der Waals surface area contributed by atoms with Crippen molar-refractivity contribution in [3.63, 3.8) is 0 Å². The number of halogens is 1. The Labute approximate surface area is 189 Å². The van der Waals surface area contributed by atoms with E-state index < -0.39 is 18.0 Å². The van der Waals surface area contributed by atoms with E-state index in [-0.39, 0.29) is 6.61 Å². The number of carbonyl (C=O) groups excluding carboxylic acids is 2. The highest BCUT2D eigenvalue weighted by molar-refractivity contribution is 9.10. The zero-order valence-electron chi connectivity index (χ0n) is 17.7. The van der Waals surface area contributed by atoms with Gasteiger partial charge in [0.1, 0.15) is 6.61 Å². The van der Waals surface area contributed by atoms with Crippen LogP contribution in [0.3, 0.4) is 0 Å². The molecule has 0 saturated carbocycles. The summed E-state index contributed by atoms with van der Waals surface area (Å²) in [5.74, 6) is 0.466. The van der Waals surface area contributed by atoms with Gasteiger partial charge in [-0.25, -0.2) is 9.59 Å². The molecule has 1 aliphatic heterocycles. The van der Waals surface area contributed by atoms with Crippen LogP contribution in [0.2, 0.25) is 0 Å². The van der Waals surface area contributed by atoms with E-state index in [1.807, 2.05) is 31.2 Å². The lowest BCUT2D eigenvalue weighted by Crippen LogP contribution is -2.45. The van der Waals surface area contributed by atoms with Crippen LogP contribution in [0.25, 0.3) is 0 Å². The first-order chi connectivity index (χ1) is 14.9. The molecule has 0 aliphatic carbocycles. The molecule has 164 valence electrons. The Morgan fingerprint density at radius 3 is 2.58 bits per heavy atom. The van der Waals surface area contributed by atoms with Crippen molar-refractivity contribution in [1.82, 2.24) is 10.6 Å². The minimum Gasteiger partial charge on any atom is -0.493 e. The summed E-state index contributed by atoms with van der Waals surface area (Å²) in [5.41, 5.74) is 2.34. The third-order valence-electron chi connectivity index (χ3n) is 4.76. The molecule has 2 aromatic carbocycles. The van der Waals surface area contributed by atoms with Crippen molar-refractivity contribution < 1.29 is 23.8 Å². The number of rotatable bonds is 8. The summed E-state index contributed by atoms with van der Waals surface area (Å²) in [4.78, 5) is 25.0. The molecule has 0 fully saturated rings. The number of urea groups is 1. The summed E-state index contributed by atoms with van der Waals surface area (Å²) in [6.07, 6.45) is 0.698. The number of para-hydroxylation sites is 1. The van der Waals surface area contributed by atoms with E-state index >= 15 is 0 Å². The van der Waals surface area contributed by atoms with Gasteiger partial charge in [0.2, 0.25) is 0 Å². The minimum absolute atomic E-state index is 0.290. The highest BCUT2D eigenvalue weighted by atomic mass is 79.9. The van der Waals surface area contributed by atoms with Gasteiger partial charge in [-0.1, -0.05) is 47.1 Å². The smallest absolute Gasteiger partial charge is 0.338 e. The average Bonchev–Trinajstić information content (AvgIpc) is 2.76. The molecule has 3 rings (SSSR count). The van der Waals surface area contributed by atoms with Gasteiger partial charge in [0.25, 0.3) is 0 Å². The van der Waals surface area contributed by atoms with Gasteiger partial charge in [0.15, 0.2) is 11.5 Å². The maximum absolute atomic E-state index is 12.8. The van der Waals surface area contributed by atoms with Crippen molar-refractivity contribution in [2.24, 2.45) is 0 Å². The predicted octanol–water partition coefficient (Wildman–Crippen LogP) is 4.62. The van der Waals surface area contributed by atoms with Crippen LogP contribution in [-0.2, 0) is 16.1 Å². The summed E-state index contributed by atoms with van der Waals surface area (Å²) in [7, 11) is 1.55. The molecule has 0 saturated heterocycles. The van der Waals surface area contributed by atoms with Crippen LogP contribution < -0.4 is 20.1 Å². The van der Waals surface area contributed by atoms with Crippen LogP contribution >= 0.6 is 15.9 Å². The lowest BCUT2D eigenvalue weighted by atomic mass is 9.94. The molecule has 1 unspecified atom stereocenters. The van der Waals surface area contributed by atoms with E-state index in [1.165, 1.54) is 0 Å². The molecule has 1 aliphatic rings. The second kappa shape index (κ2) is 10.3. The van der Waals surface area contributed by atoms with Crippen molar-refractivity contribution >= 4 is 27.9 Å². The van der Waals surface area contributed by atoms with Gasteiger partial charge in [0, 0.05) is 15.7 Å². The molecule has 7 nitrogen and oxygen atoms in total. The SMILES string of the molecule is CCCOC(=O)C1=C(C)NC(=O)NC1c1cccc(OC)c1OCc1ccc(Br)cc1. The lowest BCUT2D eigenvalue weighted by Gasteiger charge is -2.29. The van der Waals surface area contributed by atoms with Gasteiger partial charge < -0.3 is 24.8 Å². The predicted molar refractivity (Wildman–Crippen MR) is 120 cm³/mol. The Hall–Kier alpha value is -3.00. The summed E-state index contributed by atoms with van der Waals surface area (Å²) in [5, 5.41) is 5.47. The van der Waals surface area contributed by atoms with Crippen molar-refractivity contribution in [2.45, 2.75) is 32.9 Å². The molecule has 1 atom stereocenters. The van der Waals surface area contributed by atoms with Gasteiger partial charge in [-0.05, 0) is 37.1 Å². The van der Waals surface area contributed by atoms with Crippen LogP contribution in [0.4, 0.5) is 4.79 Å². The lowest BCUT2D eigenvalue weighted by molar-refractivity contribution is -0.139. The first-order valence-corrected chi connectivity index (χ1v) is 10.7. The molecule has 1 heterocycles. The van der Waals surface area contributed by atoms with E-state index in [4.69, 9.17) is 14.2 Å². The van der Waals surface area contributed by atoms with E-state index in [1.54, 1.807) is 32.2 Å². The third-order valence-corrected chi connectivity index (χ3v) is 5.29. The van der Waals surface area contributed by atoms with Gasteiger partial charge >= 0.3 is 12.0 Å². The van der Waals surface area contributed by atoms with Crippen LogP contribution in [-0.4, -0.2) is 25.7 Å². The Morgan fingerprint density at radius 1 is 1.16 bits per heavy atom. The summed E-state index contributed by atoms with van der Waals surface area (Å²) in [6.45, 7) is 4.18.